The molecule has 106 valence electrons. The Labute approximate surface area is 122 Å². The minimum atomic E-state index is -0.423. The van der Waals surface area contributed by atoms with Crippen LogP contribution in [0.15, 0.2) is 36.4 Å². The van der Waals surface area contributed by atoms with Gasteiger partial charge in [0.2, 0.25) is 0 Å². The van der Waals surface area contributed by atoms with Crippen molar-refractivity contribution in [1.82, 2.24) is 0 Å². The van der Waals surface area contributed by atoms with Gasteiger partial charge in [-0.25, -0.2) is 4.39 Å². The highest BCUT2D eigenvalue weighted by Gasteiger charge is 2.13. The maximum absolute atomic E-state index is 13.4. The van der Waals surface area contributed by atoms with Crippen LogP contribution in [0.3, 0.4) is 0 Å². The molecule has 2 aromatic carbocycles. The first kappa shape index (κ1) is 14.6. The van der Waals surface area contributed by atoms with Crippen molar-refractivity contribution in [3.8, 4) is 11.5 Å². The summed E-state index contributed by atoms with van der Waals surface area (Å²) in [6, 6.07) is 9.43. The molecule has 2 aromatic rings. The number of halogens is 2. The van der Waals surface area contributed by atoms with Gasteiger partial charge in [0, 0.05) is 0 Å². The van der Waals surface area contributed by atoms with Crippen LogP contribution in [0.2, 0.25) is 5.02 Å². The van der Waals surface area contributed by atoms with E-state index in [1.54, 1.807) is 31.4 Å². The summed E-state index contributed by atoms with van der Waals surface area (Å²) in [5.41, 5.74) is 7.72. The van der Waals surface area contributed by atoms with E-state index >= 15 is 0 Å². The third-order valence-electron chi connectivity index (χ3n) is 3.07. The lowest BCUT2D eigenvalue weighted by atomic mass is 9.99. The van der Waals surface area contributed by atoms with Crippen molar-refractivity contribution in [2.24, 2.45) is 5.73 Å². The molecule has 0 saturated heterocycles. The van der Waals surface area contributed by atoms with E-state index in [-0.39, 0.29) is 5.75 Å². The topological polar surface area (TPSA) is 44.5 Å². The van der Waals surface area contributed by atoms with Gasteiger partial charge in [0.1, 0.15) is 5.75 Å². The van der Waals surface area contributed by atoms with Crippen molar-refractivity contribution in [1.29, 1.82) is 0 Å². The number of nitrogens with two attached hydrogens (primary N) is 1. The number of methoxy groups -OCH3 is 2. The van der Waals surface area contributed by atoms with E-state index in [1.807, 2.05) is 6.07 Å². The molecule has 0 aliphatic rings. The number of benzene rings is 2. The van der Waals surface area contributed by atoms with Gasteiger partial charge in [0.25, 0.3) is 0 Å². The zero-order valence-electron chi connectivity index (χ0n) is 11.2. The summed E-state index contributed by atoms with van der Waals surface area (Å²) in [5.74, 6) is 0.327. The molecule has 5 heteroatoms. The fraction of sp³-hybridized carbons (Fsp3) is 0.200. The monoisotopic (exact) mass is 295 g/mol. The quantitative estimate of drug-likeness (QED) is 0.938. The Kier molecular flexibility index (Phi) is 4.47. The van der Waals surface area contributed by atoms with E-state index in [0.717, 1.165) is 11.1 Å². The summed E-state index contributed by atoms with van der Waals surface area (Å²) in [6.07, 6.45) is 0. The number of hydrogen-bond acceptors (Lipinski definition) is 3. The molecule has 0 aromatic heterocycles. The van der Waals surface area contributed by atoms with Crippen molar-refractivity contribution in [2.45, 2.75) is 6.04 Å². The minimum absolute atomic E-state index is 0.164. The Morgan fingerprint density at radius 2 is 1.60 bits per heavy atom. The molecule has 0 radical (unpaired) electrons. The van der Waals surface area contributed by atoms with Crippen LogP contribution in [-0.2, 0) is 0 Å². The van der Waals surface area contributed by atoms with E-state index in [0.29, 0.717) is 10.8 Å². The van der Waals surface area contributed by atoms with Crippen LogP contribution in [0, 0.1) is 5.82 Å². The van der Waals surface area contributed by atoms with Gasteiger partial charge in [0.05, 0.1) is 25.3 Å². The van der Waals surface area contributed by atoms with E-state index in [4.69, 9.17) is 26.8 Å². The van der Waals surface area contributed by atoms with E-state index in [9.17, 15) is 4.39 Å². The molecule has 2 N–H and O–H groups in total. The average molecular weight is 296 g/mol. The van der Waals surface area contributed by atoms with Gasteiger partial charge in [-0.3, -0.25) is 0 Å². The van der Waals surface area contributed by atoms with Crippen LogP contribution in [0.1, 0.15) is 17.2 Å². The Morgan fingerprint density at radius 3 is 2.20 bits per heavy atom. The zero-order chi connectivity index (χ0) is 14.7. The SMILES string of the molecule is COc1cc(C(N)c2ccc(OC)c(Cl)c2)ccc1F. The summed E-state index contributed by atoms with van der Waals surface area (Å²) in [4.78, 5) is 0. The molecule has 0 amide bonds. The summed E-state index contributed by atoms with van der Waals surface area (Å²) in [5, 5.41) is 0.481. The third-order valence-corrected chi connectivity index (χ3v) is 3.36. The largest absolute Gasteiger partial charge is 0.495 e. The minimum Gasteiger partial charge on any atom is -0.495 e. The van der Waals surface area contributed by atoms with Gasteiger partial charge in [-0.15, -0.1) is 0 Å². The smallest absolute Gasteiger partial charge is 0.165 e. The molecule has 1 unspecified atom stereocenters. The maximum Gasteiger partial charge on any atom is 0.165 e. The average Bonchev–Trinajstić information content (AvgIpc) is 2.47. The lowest BCUT2D eigenvalue weighted by Gasteiger charge is -2.15. The first-order valence-corrected chi connectivity index (χ1v) is 6.37. The van der Waals surface area contributed by atoms with Crippen LogP contribution in [-0.4, -0.2) is 14.2 Å². The van der Waals surface area contributed by atoms with Gasteiger partial charge in [-0.1, -0.05) is 23.7 Å². The lowest BCUT2D eigenvalue weighted by Crippen LogP contribution is -2.12. The first-order valence-electron chi connectivity index (χ1n) is 5.99. The predicted molar refractivity (Wildman–Crippen MR) is 77.0 cm³/mol. The van der Waals surface area contributed by atoms with E-state index in [1.165, 1.54) is 13.2 Å². The lowest BCUT2D eigenvalue weighted by molar-refractivity contribution is 0.385. The molecule has 0 heterocycles. The second kappa shape index (κ2) is 6.11. The molecule has 3 nitrogen and oxygen atoms in total. The van der Waals surface area contributed by atoms with Crippen LogP contribution < -0.4 is 15.2 Å². The van der Waals surface area contributed by atoms with Crippen LogP contribution in [0.4, 0.5) is 4.39 Å². The molecule has 0 saturated carbocycles. The summed E-state index contributed by atoms with van der Waals surface area (Å²) < 4.78 is 23.4. The van der Waals surface area contributed by atoms with Crippen molar-refractivity contribution >= 4 is 11.6 Å². The second-order valence-electron chi connectivity index (χ2n) is 4.27. The maximum atomic E-state index is 13.4. The van der Waals surface area contributed by atoms with Crippen molar-refractivity contribution in [2.75, 3.05) is 14.2 Å². The fourth-order valence-electron chi connectivity index (χ4n) is 1.94. The zero-order valence-corrected chi connectivity index (χ0v) is 11.9. The molecule has 0 fully saturated rings. The van der Waals surface area contributed by atoms with Gasteiger partial charge in [-0.2, -0.15) is 0 Å². The van der Waals surface area contributed by atoms with Crippen LogP contribution in [0.25, 0.3) is 0 Å². The molecule has 20 heavy (non-hydrogen) atoms. The highest BCUT2D eigenvalue weighted by atomic mass is 35.5. The normalized spacial score (nSPS) is 12.1. The third kappa shape index (κ3) is 2.86. The Balaban J connectivity index is 2.35. The van der Waals surface area contributed by atoms with Gasteiger partial charge in [0.15, 0.2) is 11.6 Å². The molecule has 1 atom stereocenters. The molecular weight excluding hydrogens is 281 g/mol. The Hall–Kier alpha value is -1.78. The molecule has 0 spiro atoms. The summed E-state index contributed by atoms with van der Waals surface area (Å²) >= 11 is 6.08. The summed E-state index contributed by atoms with van der Waals surface area (Å²) in [6.45, 7) is 0. The van der Waals surface area contributed by atoms with Crippen molar-refractivity contribution in [3.63, 3.8) is 0 Å². The predicted octanol–water partition coefficient (Wildman–Crippen LogP) is 3.54. The summed E-state index contributed by atoms with van der Waals surface area (Å²) in [7, 11) is 2.96. The van der Waals surface area contributed by atoms with E-state index < -0.39 is 11.9 Å². The van der Waals surface area contributed by atoms with Crippen molar-refractivity contribution in [3.05, 3.63) is 58.4 Å². The first-order chi connectivity index (χ1) is 9.56. The fourth-order valence-corrected chi connectivity index (χ4v) is 2.20. The number of hydrogen-bond donors (Lipinski definition) is 1. The van der Waals surface area contributed by atoms with Gasteiger partial charge in [-0.05, 0) is 35.4 Å². The molecule has 0 bridgehead atoms. The van der Waals surface area contributed by atoms with Crippen LogP contribution >= 0.6 is 11.6 Å². The van der Waals surface area contributed by atoms with E-state index in [2.05, 4.69) is 0 Å². The van der Waals surface area contributed by atoms with Gasteiger partial charge < -0.3 is 15.2 Å². The molecule has 0 aliphatic carbocycles. The second-order valence-corrected chi connectivity index (χ2v) is 4.67. The Morgan fingerprint density at radius 1 is 1.00 bits per heavy atom. The Bertz CT molecular complexity index is 619. The molecular formula is C15H15ClFNO2. The molecule has 2 rings (SSSR count). The van der Waals surface area contributed by atoms with Crippen LogP contribution in [0.5, 0.6) is 11.5 Å². The highest BCUT2D eigenvalue weighted by molar-refractivity contribution is 6.32. The molecule has 0 aliphatic heterocycles. The van der Waals surface area contributed by atoms with Gasteiger partial charge >= 0.3 is 0 Å². The highest BCUT2D eigenvalue weighted by Crippen LogP contribution is 2.30. The van der Waals surface area contributed by atoms with Crippen molar-refractivity contribution < 1.29 is 13.9 Å². The standard InChI is InChI=1S/C15H15ClFNO2/c1-19-13-6-4-9(7-11(13)16)15(18)10-3-5-12(17)14(8-10)20-2/h3-8,15H,18H2,1-2H3. The number of rotatable bonds is 4. The number of ether oxygens (including phenoxy) is 2.